The first-order chi connectivity index (χ1) is 9.00. The summed E-state index contributed by atoms with van der Waals surface area (Å²) in [4.78, 5) is 13.3. The third kappa shape index (κ3) is 3.79. The minimum Gasteiger partial charge on any atom is -0.467 e. The molecule has 3 N–H and O–H groups in total. The molecule has 0 bridgehead atoms. The first-order valence-corrected chi connectivity index (χ1v) is 7.83. The lowest BCUT2D eigenvalue weighted by Crippen LogP contribution is -2.29. The Hall–Kier alpha value is -1.38. The molecular weight excluding hydrogens is 270 g/mol. The van der Waals surface area contributed by atoms with E-state index in [1.165, 1.54) is 6.26 Å². The Kier molecular flexibility index (Phi) is 4.23. The Bertz CT molecular complexity index is 552. The van der Waals surface area contributed by atoms with Gasteiger partial charge in [0.1, 0.15) is 12.0 Å². The van der Waals surface area contributed by atoms with Gasteiger partial charge in [0.2, 0.25) is 0 Å². The van der Waals surface area contributed by atoms with Crippen LogP contribution in [0.3, 0.4) is 0 Å². The number of hydrogen-bond donors (Lipinski definition) is 2. The van der Waals surface area contributed by atoms with Gasteiger partial charge in [0.15, 0.2) is 9.84 Å². The molecule has 1 saturated heterocycles. The van der Waals surface area contributed by atoms with Crippen LogP contribution in [0.1, 0.15) is 22.5 Å². The van der Waals surface area contributed by atoms with Gasteiger partial charge in [-0.3, -0.25) is 15.1 Å². The summed E-state index contributed by atoms with van der Waals surface area (Å²) in [6.45, 7) is 1.69. The van der Waals surface area contributed by atoms with Crippen LogP contribution in [0.15, 0.2) is 16.7 Å². The highest BCUT2D eigenvalue weighted by Crippen LogP contribution is 2.13. The Labute approximate surface area is 111 Å². The van der Waals surface area contributed by atoms with Gasteiger partial charge in [0.25, 0.3) is 5.91 Å². The average molecular weight is 287 g/mol. The quantitative estimate of drug-likeness (QED) is 0.441. The molecule has 0 spiro atoms. The summed E-state index contributed by atoms with van der Waals surface area (Å²) in [6.07, 6.45) is 1.96. The standard InChI is InChI=1S/C11H17N3O4S/c12-13-11(15)9-6-10(18-8-9)7-14-2-1-4-19(16,17)5-3-14/h6,8H,1-5,7,12H2,(H,13,15). The molecule has 1 fully saturated rings. The van der Waals surface area contributed by atoms with Gasteiger partial charge in [-0.2, -0.15) is 0 Å². The molecule has 7 nitrogen and oxygen atoms in total. The van der Waals surface area contributed by atoms with Crippen LogP contribution in [0.2, 0.25) is 0 Å². The van der Waals surface area contributed by atoms with Crippen LogP contribution < -0.4 is 11.3 Å². The van der Waals surface area contributed by atoms with E-state index in [-0.39, 0.29) is 11.5 Å². The lowest BCUT2D eigenvalue weighted by Gasteiger charge is -2.17. The number of carbonyl (C=O) groups excluding carboxylic acids is 1. The maximum Gasteiger partial charge on any atom is 0.268 e. The predicted octanol–water partition coefficient (Wildman–Crippen LogP) is -0.496. The molecule has 0 saturated carbocycles. The van der Waals surface area contributed by atoms with E-state index in [0.29, 0.717) is 37.4 Å². The van der Waals surface area contributed by atoms with Gasteiger partial charge in [-0.15, -0.1) is 0 Å². The summed E-state index contributed by atoms with van der Waals surface area (Å²) in [7, 11) is -2.91. The molecule has 0 radical (unpaired) electrons. The van der Waals surface area contributed by atoms with E-state index < -0.39 is 15.7 Å². The largest absolute Gasteiger partial charge is 0.467 e. The normalized spacial score (nSPS) is 19.8. The van der Waals surface area contributed by atoms with Crippen molar-refractivity contribution in [1.82, 2.24) is 10.3 Å². The van der Waals surface area contributed by atoms with Gasteiger partial charge >= 0.3 is 0 Å². The van der Waals surface area contributed by atoms with Crippen LogP contribution in [0.4, 0.5) is 0 Å². The van der Waals surface area contributed by atoms with Crippen molar-refractivity contribution in [1.29, 1.82) is 0 Å². The Morgan fingerprint density at radius 2 is 2.21 bits per heavy atom. The fourth-order valence-corrected chi connectivity index (χ4v) is 3.34. The highest BCUT2D eigenvalue weighted by Gasteiger charge is 2.20. The van der Waals surface area contributed by atoms with Gasteiger partial charge in [0.05, 0.1) is 23.6 Å². The highest BCUT2D eigenvalue weighted by molar-refractivity contribution is 7.91. The molecule has 1 aliphatic rings. The summed E-state index contributed by atoms with van der Waals surface area (Å²) in [5.74, 6) is 5.65. The van der Waals surface area contributed by atoms with Crippen molar-refractivity contribution in [2.45, 2.75) is 13.0 Å². The summed E-state index contributed by atoms with van der Waals surface area (Å²) in [5.41, 5.74) is 2.39. The Morgan fingerprint density at radius 1 is 1.42 bits per heavy atom. The fourth-order valence-electron chi connectivity index (χ4n) is 2.03. The van der Waals surface area contributed by atoms with E-state index >= 15 is 0 Å². The smallest absolute Gasteiger partial charge is 0.268 e. The lowest BCUT2D eigenvalue weighted by atomic mass is 10.3. The maximum absolute atomic E-state index is 11.5. The van der Waals surface area contributed by atoms with Gasteiger partial charge < -0.3 is 4.42 Å². The van der Waals surface area contributed by atoms with E-state index in [4.69, 9.17) is 10.3 Å². The number of nitrogens with two attached hydrogens (primary N) is 1. The second-order valence-corrected chi connectivity index (χ2v) is 6.86. The van der Waals surface area contributed by atoms with E-state index in [1.807, 2.05) is 10.3 Å². The van der Waals surface area contributed by atoms with Gasteiger partial charge in [-0.05, 0) is 19.0 Å². The zero-order valence-electron chi connectivity index (χ0n) is 10.5. The number of sulfone groups is 1. The molecule has 1 aliphatic heterocycles. The molecule has 8 heteroatoms. The van der Waals surface area contributed by atoms with E-state index in [0.717, 1.165) is 0 Å². The van der Waals surface area contributed by atoms with Crippen LogP contribution in [-0.4, -0.2) is 43.8 Å². The molecule has 0 atom stereocenters. The van der Waals surface area contributed by atoms with Crippen molar-refractivity contribution in [3.05, 3.63) is 23.7 Å². The molecule has 2 rings (SSSR count). The second-order valence-electron chi connectivity index (χ2n) is 4.56. The van der Waals surface area contributed by atoms with Crippen LogP contribution in [-0.2, 0) is 16.4 Å². The lowest BCUT2D eigenvalue weighted by molar-refractivity contribution is 0.0953. The van der Waals surface area contributed by atoms with Crippen LogP contribution >= 0.6 is 0 Å². The zero-order chi connectivity index (χ0) is 13.9. The number of furan rings is 1. The van der Waals surface area contributed by atoms with E-state index in [9.17, 15) is 13.2 Å². The minimum atomic E-state index is -2.91. The van der Waals surface area contributed by atoms with Crippen molar-refractivity contribution >= 4 is 15.7 Å². The van der Waals surface area contributed by atoms with Crippen LogP contribution in [0, 0.1) is 0 Å². The Balaban J connectivity index is 1.97. The monoisotopic (exact) mass is 287 g/mol. The SMILES string of the molecule is NNC(=O)c1coc(CN2CCCS(=O)(=O)CC2)c1. The Morgan fingerprint density at radius 3 is 2.95 bits per heavy atom. The van der Waals surface area contributed by atoms with Gasteiger partial charge in [-0.25, -0.2) is 14.3 Å². The van der Waals surface area contributed by atoms with Crippen molar-refractivity contribution in [3.63, 3.8) is 0 Å². The summed E-state index contributed by atoms with van der Waals surface area (Å²) in [5, 5.41) is 0. The number of rotatable bonds is 3. The van der Waals surface area contributed by atoms with Crippen molar-refractivity contribution in [2.75, 3.05) is 24.6 Å². The molecular formula is C11H17N3O4S. The number of nitrogens with zero attached hydrogens (tertiary/aromatic N) is 1. The number of hydrazine groups is 1. The third-order valence-electron chi connectivity index (χ3n) is 3.07. The third-order valence-corrected chi connectivity index (χ3v) is 4.79. The second kappa shape index (κ2) is 5.72. The zero-order valence-corrected chi connectivity index (χ0v) is 11.3. The molecule has 2 heterocycles. The molecule has 0 aliphatic carbocycles. The summed E-state index contributed by atoms with van der Waals surface area (Å²) in [6, 6.07) is 1.61. The fraction of sp³-hybridized carbons (Fsp3) is 0.545. The number of nitrogens with one attached hydrogen (secondary N) is 1. The van der Waals surface area contributed by atoms with Crippen molar-refractivity contribution < 1.29 is 17.6 Å². The van der Waals surface area contributed by atoms with Crippen molar-refractivity contribution in [2.24, 2.45) is 5.84 Å². The first-order valence-electron chi connectivity index (χ1n) is 6.01. The summed E-state index contributed by atoms with van der Waals surface area (Å²) >= 11 is 0. The summed E-state index contributed by atoms with van der Waals surface area (Å²) < 4.78 is 28.2. The first kappa shape index (κ1) is 14.0. The molecule has 0 unspecified atom stereocenters. The van der Waals surface area contributed by atoms with Crippen LogP contribution in [0.25, 0.3) is 0 Å². The minimum absolute atomic E-state index is 0.170. The van der Waals surface area contributed by atoms with E-state index in [2.05, 4.69) is 0 Å². The highest BCUT2D eigenvalue weighted by atomic mass is 32.2. The molecule has 106 valence electrons. The van der Waals surface area contributed by atoms with Crippen molar-refractivity contribution in [3.8, 4) is 0 Å². The molecule has 0 aromatic carbocycles. The number of amides is 1. The number of hydrogen-bond acceptors (Lipinski definition) is 6. The molecule has 19 heavy (non-hydrogen) atoms. The molecule has 1 aromatic rings. The van der Waals surface area contributed by atoms with Gasteiger partial charge in [-0.1, -0.05) is 0 Å². The topological polar surface area (TPSA) is 106 Å². The average Bonchev–Trinajstić information content (AvgIpc) is 2.76. The number of carbonyl (C=O) groups is 1. The maximum atomic E-state index is 11.5. The predicted molar refractivity (Wildman–Crippen MR) is 68.9 cm³/mol. The number of nitrogen functional groups attached to an aromatic ring is 1. The van der Waals surface area contributed by atoms with Gasteiger partial charge in [0, 0.05) is 6.54 Å². The molecule has 1 amide bonds. The molecule has 1 aromatic heterocycles. The van der Waals surface area contributed by atoms with Crippen LogP contribution in [0.5, 0.6) is 0 Å². The van der Waals surface area contributed by atoms with E-state index in [1.54, 1.807) is 6.07 Å².